The number of rotatable bonds is 4. The minimum absolute atomic E-state index is 0.170. The molecule has 1 aromatic heterocycles. The van der Waals surface area contributed by atoms with E-state index in [1.54, 1.807) is 13.0 Å². The molecule has 0 spiro atoms. The zero-order chi connectivity index (χ0) is 15.5. The van der Waals surface area contributed by atoms with Crippen LogP contribution in [0.25, 0.3) is 0 Å². The molecule has 5 nitrogen and oxygen atoms in total. The smallest absolute Gasteiger partial charge is 0.244 e. The first-order valence-electron chi connectivity index (χ1n) is 6.07. The van der Waals surface area contributed by atoms with E-state index in [1.807, 2.05) is 0 Å². The maximum Gasteiger partial charge on any atom is 0.244 e. The van der Waals surface area contributed by atoms with E-state index in [0.29, 0.717) is 5.56 Å². The molecule has 21 heavy (non-hydrogen) atoms. The molecule has 0 aliphatic carbocycles. The maximum absolute atomic E-state index is 12.9. The Kier molecular flexibility index (Phi) is 4.31. The first kappa shape index (κ1) is 15.1. The lowest BCUT2D eigenvalue weighted by atomic mass is 10.1. The van der Waals surface area contributed by atoms with Crippen LogP contribution in [0.5, 0.6) is 0 Å². The number of nitriles is 1. The molecule has 0 radical (unpaired) electrons. The van der Waals surface area contributed by atoms with Gasteiger partial charge in [0, 0.05) is 12.2 Å². The quantitative estimate of drug-likeness (QED) is 0.938. The van der Waals surface area contributed by atoms with Crippen LogP contribution >= 0.6 is 0 Å². The van der Waals surface area contributed by atoms with Crippen LogP contribution < -0.4 is 4.72 Å². The number of aromatic nitrogens is 1. The molecule has 1 atom stereocenters. The molecular formula is C14H12FN3O2S. The third-order valence-electron chi connectivity index (χ3n) is 2.87. The van der Waals surface area contributed by atoms with Crippen molar-refractivity contribution in [1.29, 1.82) is 5.26 Å². The molecule has 1 unspecified atom stereocenters. The topological polar surface area (TPSA) is 82.8 Å². The van der Waals surface area contributed by atoms with Gasteiger partial charge in [0.05, 0.1) is 0 Å². The molecule has 1 aromatic carbocycles. The van der Waals surface area contributed by atoms with Crippen LogP contribution in [0.4, 0.5) is 4.39 Å². The summed E-state index contributed by atoms with van der Waals surface area (Å²) in [6.45, 7) is 1.63. The Morgan fingerprint density at radius 2 is 1.95 bits per heavy atom. The number of halogens is 1. The summed E-state index contributed by atoms with van der Waals surface area (Å²) in [5.41, 5.74) is 0.443. The first-order valence-corrected chi connectivity index (χ1v) is 7.55. The van der Waals surface area contributed by atoms with Crippen LogP contribution in [0.3, 0.4) is 0 Å². The number of hydrogen-bond donors (Lipinski definition) is 1. The van der Waals surface area contributed by atoms with Crippen molar-refractivity contribution in [1.82, 2.24) is 9.71 Å². The van der Waals surface area contributed by atoms with Crippen LogP contribution in [0.2, 0.25) is 0 Å². The van der Waals surface area contributed by atoms with Crippen LogP contribution in [0.15, 0.2) is 47.5 Å². The molecule has 1 heterocycles. The molecule has 0 bridgehead atoms. The molecular weight excluding hydrogens is 293 g/mol. The molecule has 0 saturated heterocycles. The Balaban J connectivity index is 2.29. The van der Waals surface area contributed by atoms with Gasteiger partial charge in [-0.3, -0.25) is 0 Å². The molecule has 0 saturated carbocycles. The van der Waals surface area contributed by atoms with E-state index in [9.17, 15) is 12.8 Å². The van der Waals surface area contributed by atoms with E-state index in [1.165, 1.54) is 42.6 Å². The molecule has 0 amide bonds. The minimum atomic E-state index is -3.89. The van der Waals surface area contributed by atoms with E-state index >= 15 is 0 Å². The fourth-order valence-corrected chi connectivity index (χ4v) is 3.15. The second-order valence-electron chi connectivity index (χ2n) is 4.36. The van der Waals surface area contributed by atoms with Gasteiger partial charge in [0.15, 0.2) is 5.69 Å². The van der Waals surface area contributed by atoms with E-state index in [2.05, 4.69) is 9.71 Å². The van der Waals surface area contributed by atoms with Crippen LogP contribution in [-0.2, 0) is 10.0 Å². The fourth-order valence-electron chi connectivity index (χ4n) is 1.81. The average molecular weight is 305 g/mol. The van der Waals surface area contributed by atoms with Crippen molar-refractivity contribution >= 4 is 10.0 Å². The number of pyridine rings is 1. The van der Waals surface area contributed by atoms with Crippen molar-refractivity contribution in [2.24, 2.45) is 0 Å². The Bertz CT molecular complexity index is 783. The van der Waals surface area contributed by atoms with E-state index < -0.39 is 21.9 Å². The second kappa shape index (κ2) is 5.99. The lowest BCUT2D eigenvalue weighted by Crippen LogP contribution is -2.27. The van der Waals surface area contributed by atoms with E-state index in [0.717, 1.165) is 0 Å². The number of sulfonamides is 1. The highest BCUT2D eigenvalue weighted by Crippen LogP contribution is 2.18. The first-order chi connectivity index (χ1) is 9.94. The normalized spacial score (nSPS) is 12.6. The van der Waals surface area contributed by atoms with Gasteiger partial charge < -0.3 is 0 Å². The third kappa shape index (κ3) is 3.42. The molecule has 0 aliphatic rings. The maximum atomic E-state index is 12.9. The predicted molar refractivity (Wildman–Crippen MR) is 74.1 cm³/mol. The van der Waals surface area contributed by atoms with Gasteiger partial charge in [0.25, 0.3) is 0 Å². The highest BCUT2D eigenvalue weighted by Gasteiger charge is 2.22. The monoisotopic (exact) mass is 305 g/mol. The van der Waals surface area contributed by atoms with E-state index in [4.69, 9.17) is 5.26 Å². The summed E-state index contributed by atoms with van der Waals surface area (Å²) >= 11 is 0. The number of benzene rings is 1. The van der Waals surface area contributed by atoms with E-state index in [-0.39, 0.29) is 10.6 Å². The summed E-state index contributed by atoms with van der Waals surface area (Å²) in [7, 11) is -3.89. The van der Waals surface area contributed by atoms with Gasteiger partial charge in [-0.15, -0.1) is 0 Å². The largest absolute Gasteiger partial charge is 0.244 e. The van der Waals surface area contributed by atoms with Crippen molar-refractivity contribution in [3.05, 3.63) is 59.7 Å². The SMILES string of the molecule is CC(NS(=O)(=O)c1cccnc1C#N)c1ccc(F)cc1. The van der Waals surface area contributed by atoms with Gasteiger partial charge in [0.1, 0.15) is 16.8 Å². The predicted octanol–water partition coefficient (Wildman–Crippen LogP) is 2.13. The highest BCUT2D eigenvalue weighted by atomic mass is 32.2. The van der Waals surface area contributed by atoms with Crippen molar-refractivity contribution in [3.63, 3.8) is 0 Å². The molecule has 108 valence electrons. The fraction of sp³-hybridized carbons (Fsp3) is 0.143. The van der Waals surface area contributed by atoms with Crippen LogP contribution in [0, 0.1) is 17.1 Å². The summed E-state index contributed by atoms with van der Waals surface area (Å²) < 4.78 is 39.9. The van der Waals surface area contributed by atoms with Crippen molar-refractivity contribution < 1.29 is 12.8 Å². The molecule has 2 rings (SSSR count). The number of nitrogens with one attached hydrogen (secondary N) is 1. The Morgan fingerprint density at radius 1 is 1.29 bits per heavy atom. The lowest BCUT2D eigenvalue weighted by Gasteiger charge is -2.15. The van der Waals surface area contributed by atoms with Gasteiger partial charge in [-0.1, -0.05) is 12.1 Å². The summed E-state index contributed by atoms with van der Waals surface area (Å²) in [6.07, 6.45) is 1.35. The minimum Gasteiger partial charge on any atom is -0.244 e. The van der Waals surface area contributed by atoms with Crippen molar-refractivity contribution in [3.8, 4) is 6.07 Å². The highest BCUT2D eigenvalue weighted by molar-refractivity contribution is 7.89. The lowest BCUT2D eigenvalue weighted by molar-refractivity contribution is 0.565. The Hall–Kier alpha value is -2.30. The van der Waals surface area contributed by atoms with Gasteiger partial charge in [-0.2, -0.15) is 5.26 Å². The number of nitrogens with zero attached hydrogens (tertiary/aromatic N) is 2. The summed E-state index contributed by atoms with van der Waals surface area (Å²) in [5.74, 6) is -0.396. The van der Waals surface area contributed by atoms with Gasteiger partial charge in [-0.25, -0.2) is 22.5 Å². The van der Waals surface area contributed by atoms with Crippen molar-refractivity contribution in [2.45, 2.75) is 17.9 Å². The van der Waals surface area contributed by atoms with Gasteiger partial charge in [0.2, 0.25) is 10.0 Å². The second-order valence-corrected chi connectivity index (χ2v) is 6.04. The Morgan fingerprint density at radius 3 is 2.57 bits per heavy atom. The summed E-state index contributed by atoms with van der Waals surface area (Å²) in [4.78, 5) is 3.55. The number of hydrogen-bond acceptors (Lipinski definition) is 4. The zero-order valence-electron chi connectivity index (χ0n) is 11.1. The van der Waals surface area contributed by atoms with Gasteiger partial charge in [-0.05, 0) is 36.8 Å². The molecule has 2 aromatic rings. The Labute approximate surface area is 122 Å². The van der Waals surface area contributed by atoms with Crippen LogP contribution in [0.1, 0.15) is 24.2 Å². The summed E-state index contributed by atoms with van der Waals surface area (Å²) in [6, 6.07) is 9.43. The third-order valence-corrected chi connectivity index (χ3v) is 4.44. The zero-order valence-corrected chi connectivity index (χ0v) is 11.9. The standard InChI is InChI=1S/C14H12FN3O2S/c1-10(11-4-6-12(15)7-5-11)18-21(19,20)14-3-2-8-17-13(14)9-16/h2-8,10,18H,1H3. The van der Waals surface area contributed by atoms with Crippen LogP contribution in [-0.4, -0.2) is 13.4 Å². The summed E-state index contributed by atoms with van der Waals surface area (Å²) in [5, 5.41) is 8.92. The van der Waals surface area contributed by atoms with Gasteiger partial charge >= 0.3 is 0 Å². The van der Waals surface area contributed by atoms with Crippen molar-refractivity contribution in [2.75, 3.05) is 0 Å². The average Bonchev–Trinajstić information content (AvgIpc) is 2.47. The molecule has 0 fully saturated rings. The molecule has 7 heteroatoms. The molecule has 0 aliphatic heterocycles. The molecule has 1 N–H and O–H groups in total.